The second kappa shape index (κ2) is 4.81. The molecule has 0 aliphatic carbocycles. The summed E-state index contributed by atoms with van der Waals surface area (Å²) in [6, 6.07) is 2.64. The molecule has 0 spiro atoms. The summed E-state index contributed by atoms with van der Waals surface area (Å²) in [7, 11) is 0. The normalized spacial score (nSPS) is 18.7. The molecule has 2 rings (SSSR count). The third-order valence-electron chi connectivity index (χ3n) is 3.59. The zero-order valence-corrected chi connectivity index (χ0v) is 11.5. The third kappa shape index (κ3) is 2.89. The van der Waals surface area contributed by atoms with E-state index in [2.05, 4.69) is 55.1 Å². The Morgan fingerprint density at radius 2 is 2.06 bits per heavy atom. The Balaban J connectivity index is 2.02. The molecule has 1 fully saturated rings. The van der Waals surface area contributed by atoms with E-state index < -0.39 is 0 Å². The van der Waals surface area contributed by atoms with E-state index in [1.807, 2.05) is 0 Å². The zero-order chi connectivity index (χ0) is 12.5. The molecule has 1 aliphatic heterocycles. The van der Waals surface area contributed by atoms with Crippen LogP contribution in [-0.4, -0.2) is 22.9 Å². The fourth-order valence-electron chi connectivity index (χ4n) is 2.83. The van der Waals surface area contributed by atoms with Crippen LogP contribution in [0.25, 0.3) is 0 Å². The maximum Gasteiger partial charge on any atom is 0.0631 e. The van der Waals surface area contributed by atoms with Gasteiger partial charge in [-0.2, -0.15) is 5.10 Å². The van der Waals surface area contributed by atoms with Gasteiger partial charge in [-0.25, -0.2) is 0 Å². The molecular formula is C14H25N3. The van der Waals surface area contributed by atoms with Gasteiger partial charge in [-0.15, -0.1) is 0 Å². The van der Waals surface area contributed by atoms with Crippen molar-refractivity contribution in [3.8, 4) is 0 Å². The summed E-state index contributed by atoms with van der Waals surface area (Å²) in [5.41, 5.74) is 1.71. The summed E-state index contributed by atoms with van der Waals surface area (Å²) in [6.07, 6.45) is 4.53. The van der Waals surface area contributed by atoms with E-state index in [0.29, 0.717) is 11.5 Å². The summed E-state index contributed by atoms with van der Waals surface area (Å²) < 4.78 is 2.06. The highest BCUT2D eigenvalue weighted by atomic mass is 15.3. The molecule has 1 N–H and O–H groups in total. The van der Waals surface area contributed by atoms with Crippen molar-refractivity contribution in [2.75, 3.05) is 13.1 Å². The van der Waals surface area contributed by atoms with Gasteiger partial charge in [0.1, 0.15) is 0 Å². The Morgan fingerprint density at radius 1 is 1.35 bits per heavy atom. The van der Waals surface area contributed by atoms with Crippen LogP contribution in [0.15, 0.2) is 12.3 Å². The monoisotopic (exact) mass is 235 g/mol. The van der Waals surface area contributed by atoms with E-state index in [1.165, 1.54) is 12.1 Å². The lowest BCUT2D eigenvalue weighted by Gasteiger charge is -2.43. The predicted octanol–water partition coefficient (Wildman–Crippen LogP) is 2.64. The molecular weight excluding hydrogens is 210 g/mol. The molecule has 1 aliphatic rings. The quantitative estimate of drug-likeness (QED) is 0.850. The average Bonchev–Trinajstić information content (AvgIpc) is 2.62. The second-order valence-electron chi connectivity index (χ2n) is 6.26. The number of nitrogens with one attached hydrogen (secondary N) is 1. The first-order chi connectivity index (χ1) is 8.01. The molecule has 0 bridgehead atoms. The average molecular weight is 235 g/mol. The van der Waals surface area contributed by atoms with Crippen molar-refractivity contribution in [3.63, 3.8) is 0 Å². The van der Waals surface area contributed by atoms with Crippen molar-refractivity contribution in [2.45, 2.75) is 46.6 Å². The van der Waals surface area contributed by atoms with E-state index in [1.54, 1.807) is 0 Å². The molecule has 0 unspecified atom stereocenters. The van der Waals surface area contributed by atoms with Gasteiger partial charge in [0.05, 0.1) is 5.69 Å². The highest BCUT2D eigenvalue weighted by molar-refractivity contribution is 5.07. The lowest BCUT2D eigenvalue weighted by Crippen LogP contribution is -2.55. The number of hydrogen-bond acceptors (Lipinski definition) is 2. The molecule has 1 aromatic rings. The fourth-order valence-corrected chi connectivity index (χ4v) is 2.83. The van der Waals surface area contributed by atoms with E-state index in [0.717, 1.165) is 25.4 Å². The summed E-state index contributed by atoms with van der Waals surface area (Å²) in [5.74, 6) is 0.768. The first kappa shape index (κ1) is 12.6. The molecule has 1 saturated heterocycles. The van der Waals surface area contributed by atoms with Crippen LogP contribution in [0.2, 0.25) is 0 Å². The topological polar surface area (TPSA) is 29.9 Å². The van der Waals surface area contributed by atoms with Gasteiger partial charge >= 0.3 is 0 Å². The SMILES string of the molecule is CC(C)CC1(Cc2ccn(C(C)C)n2)CNC1. The van der Waals surface area contributed by atoms with Crippen molar-refractivity contribution < 1.29 is 0 Å². The van der Waals surface area contributed by atoms with Gasteiger partial charge in [0.25, 0.3) is 0 Å². The standard InChI is InChI=1S/C14H25N3/c1-11(2)7-14(9-15-10-14)8-13-5-6-17(16-13)12(3)4/h5-6,11-12,15H,7-10H2,1-4H3. The molecule has 1 aromatic heterocycles. The lowest BCUT2D eigenvalue weighted by atomic mass is 9.72. The molecule has 17 heavy (non-hydrogen) atoms. The van der Waals surface area contributed by atoms with E-state index in [9.17, 15) is 0 Å². The van der Waals surface area contributed by atoms with Crippen LogP contribution in [-0.2, 0) is 6.42 Å². The summed E-state index contributed by atoms with van der Waals surface area (Å²) in [6.45, 7) is 11.3. The minimum Gasteiger partial charge on any atom is -0.316 e. The molecule has 0 radical (unpaired) electrons. The summed E-state index contributed by atoms with van der Waals surface area (Å²) >= 11 is 0. The number of aromatic nitrogens is 2. The van der Waals surface area contributed by atoms with Crippen molar-refractivity contribution in [1.29, 1.82) is 0 Å². The fraction of sp³-hybridized carbons (Fsp3) is 0.786. The third-order valence-corrected chi connectivity index (χ3v) is 3.59. The van der Waals surface area contributed by atoms with Gasteiger partial charge in [-0.05, 0) is 38.7 Å². The number of hydrogen-bond donors (Lipinski definition) is 1. The Morgan fingerprint density at radius 3 is 2.47 bits per heavy atom. The van der Waals surface area contributed by atoms with Crippen LogP contribution in [0.3, 0.4) is 0 Å². The van der Waals surface area contributed by atoms with Gasteiger partial charge in [0.15, 0.2) is 0 Å². The van der Waals surface area contributed by atoms with E-state index in [-0.39, 0.29) is 0 Å². The summed E-state index contributed by atoms with van der Waals surface area (Å²) in [5, 5.41) is 8.10. The Labute approximate surface area is 105 Å². The Kier molecular flexibility index (Phi) is 3.57. The molecule has 3 heteroatoms. The maximum absolute atomic E-state index is 4.67. The van der Waals surface area contributed by atoms with Crippen LogP contribution >= 0.6 is 0 Å². The zero-order valence-electron chi connectivity index (χ0n) is 11.5. The van der Waals surface area contributed by atoms with Gasteiger partial charge < -0.3 is 5.32 Å². The highest BCUT2D eigenvalue weighted by Crippen LogP contribution is 2.34. The van der Waals surface area contributed by atoms with E-state index in [4.69, 9.17) is 0 Å². The maximum atomic E-state index is 4.67. The Hall–Kier alpha value is -0.830. The first-order valence-electron chi connectivity index (χ1n) is 6.75. The number of nitrogens with zero attached hydrogens (tertiary/aromatic N) is 2. The molecule has 2 heterocycles. The van der Waals surface area contributed by atoms with Crippen LogP contribution in [0, 0.1) is 11.3 Å². The van der Waals surface area contributed by atoms with Gasteiger partial charge in [-0.1, -0.05) is 13.8 Å². The lowest BCUT2D eigenvalue weighted by molar-refractivity contribution is 0.129. The Bertz CT molecular complexity index is 361. The molecule has 96 valence electrons. The molecule has 0 amide bonds. The second-order valence-corrected chi connectivity index (χ2v) is 6.26. The first-order valence-corrected chi connectivity index (χ1v) is 6.75. The largest absolute Gasteiger partial charge is 0.316 e. The minimum absolute atomic E-state index is 0.462. The van der Waals surface area contributed by atoms with E-state index >= 15 is 0 Å². The highest BCUT2D eigenvalue weighted by Gasteiger charge is 2.37. The van der Waals surface area contributed by atoms with Crippen molar-refractivity contribution in [2.24, 2.45) is 11.3 Å². The van der Waals surface area contributed by atoms with Crippen molar-refractivity contribution >= 4 is 0 Å². The van der Waals surface area contributed by atoms with Crippen LogP contribution in [0.5, 0.6) is 0 Å². The molecule has 0 atom stereocenters. The van der Waals surface area contributed by atoms with Crippen LogP contribution in [0.1, 0.15) is 45.9 Å². The summed E-state index contributed by atoms with van der Waals surface area (Å²) in [4.78, 5) is 0. The molecule has 0 aromatic carbocycles. The molecule has 0 saturated carbocycles. The van der Waals surface area contributed by atoms with Gasteiger partial charge in [-0.3, -0.25) is 4.68 Å². The molecule has 3 nitrogen and oxygen atoms in total. The van der Waals surface area contributed by atoms with Gasteiger partial charge in [0, 0.05) is 30.7 Å². The number of rotatable bonds is 5. The van der Waals surface area contributed by atoms with Crippen molar-refractivity contribution in [3.05, 3.63) is 18.0 Å². The minimum atomic E-state index is 0.462. The van der Waals surface area contributed by atoms with Crippen molar-refractivity contribution in [1.82, 2.24) is 15.1 Å². The predicted molar refractivity (Wildman–Crippen MR) is 71.1 cm³/mol. The van der Waals surface area contributed by atoms with Crippen LogP contribution < -0.4 is 5.32 Å². The van der Waals surface area contributed by atoms with Gasteiger partial charge in [0.2, 0.25) is 0 Å². The smallest absolute Gasteiger partial charge is 0.0631 e. The van der Waals surface area contributed by atoms with Crippen LogP contribution in [0.4, 0.5) is 0 Å².